The van der Waals surface area contributed by atoms with Gasteiger partial charge in [-0.25, -0.2) is 0 Å². The summed E-state index contributed by atoms with van der Waals surface area (Å²) < 4.78 is 5.45. The summed E-state index contributed by atoms with van der Waals surface area (Å²) in [6.07, 6.45) is 0.575. The maximum atomic E-state index is 10.8. The first-order valence-electron chi connectivity index (χ1n) is 5.03. The molecule has 0 radical (unpaired) electrons. The number of aliphatic carboxylic acids is 1. The zero-order valence-corrected chi connectivity index (χ0v) is 8.91. The third-order valence-electron chi connectivity index (χ3n) is 2.93. The average Bonchev–Trinajstić information content (AvgIpc) is 2.19. The van der Waals surface area contributed by atoms with E-state index in [0.29, 0.717) is 6.42 Å². The molecule has 2 rings (SSSR count). The summed E-state index contributed by atoms with van der Waals surface area (Å²) in [5.74, 6) is -0.339. The monoisotopic (exact) mass is 206 g/mol. The van der Waals surface area contributed by atoms with Crippen LogP contribution in [0.15, 0.2) is 12.1 Å². The molecule has 1 aliphatic rings. The van der Waals surface area contributed by atoms with Crippen LogP contribution in [0.3, 0.4) is 0 Å². The van der Waals surface area contributed by atoms with E-state index in [1.54, 1.807) is 0 Å². The fourth-order valence-corrected chi connectivity index (χ4v) is 1.82. The number of aryl methyl sites for hydroxylation is 2. The molecule has 0 bridgehead atoms. The minimum absolute atomic E-state index is 0.283. The van der Waals surface area contributed by atoms with E-state index in [9.17, 15) is 4.79 Å². The van der Waals surface area contributed by atoms with Gasteiger partial charge in [0.15, 0.2) is 0 Å². The second-order valence-corrected chi connectivity index (χ2v) is 4.09. The summed E-state index contributed by atoms with van der Waals surface area (Å²) in [5, 5.41) is 8.91. The molecule has 0 fully saturated rings. The van der Waals surface area contributed by atoms with Crippen molar-refractivity contribution in [3.05, 3.63) is 28.8 Å². The van der Waals surface area contributed by atoms with Crippen molar-refractivity contribution in [1.29, 1.82) is 0 Å². The summed E-state index contributed by atoms with van der Waals surface area (Å²) in [7, 11) is 0. The zero-order chi connectivity index (χ0) is 11.0. The maximum absolute atomic E-state index is 10.8. The molecule has 1 atom stereocenters. The molecule has 0 amide bonds. The number of fused-ring (bicyclic) bond motifs is 1. The molecule has 1 aromatic carbocycles. The van der Waals surface area contributed by atoms with Gasteiger partial charge in [-0.05, 0) is 43.0 Å². The minimum atomic E-state index is -0.779. The van der Waals surface area contributed by atoms with Crippen molar-refractivity contribution in [2.75, 3.05) is 6.61 Å². The smallest absolute Gasteiger partial charge is 0.310 e. The Morgan fingerprint density at radius 3 is 2.73 bits per heavy atom. The van der Waals surface area contributed by atoms with Crippen LogP contribution < -0.4 is 4.74 Å². The van der Waals surface area contributed by atoms with E-state index in [0.717, 1.165) is 11.3 Å². The van der Waals surface area contributed by atoms with E-state index in [1.165, 1.54) is 11.1 Å². The number of hydrogen-bond acceptors (Lipinski definition) is 2. The van der Waals surface area contributed by atoms with Gasteiger partial charge in [0.25, 0.3) is 0 Å². The van der Waals surface area contributed by atoms with Crippen molar-refractivity contribution < 1.29 is 14.6 Å². The number of carbonyl (C=O) groups is 1. The fraction of sp³-hybridized carbons (Fsp3) is 0.417. The Hall–Kier alpha value is -1.51. The Labute approximate surface area is 88.7 Å². The van der Waals surface area contributed by atoms with Crippen molar-refractivity contribution >= 4 is 5.97 Å². The quantitative estimate of drug-likeness (QED) is 0.763. The lowest BCUT2D eigenvalue weighted by Gasteiger charge is -2.23. The van der Waals surface area contributed by atoms with Gasteiger partial charge in [-0.1, -0.05) is 6.07 Å². The van der Waals surface area contributed by atoms with Crippen LogP contribution in [-0.2, 0) is 11.2 Å². The van der Waals surface area contributed by atoms with Gasteiger partial charge < -0.3 is 9.84 Å². The predicted octanol–water partition coefficient (Wildman–Crippen LogP) is 1.94. The highest BCUT2D eigenvalue weighted by Crippen LogP contribution is 2.30. The molecule has 3 nitrogen and oxygen atoms in total. The summed E-state index contributed by atoms with van der Waals surface area (Å²) in [5.41, 5.74) is 3.38. The van der Waals surface area contributed by atoms with Gasteiger partial charge in [-0.15, -0.1) is 0 Å². The highest BCUT2D eigenvalue weighted by atomic mass is 16.5. The Morgan fingerprint density at radius 1 is 1.40 bits per heavy atom. The third-order valence-corrected chi connectivity index (χ3v) is 2.93. The molecule has 1 aromatic rings. The molecule has 0 spiro atoms. The van der Waals surface area contributed by atoms with Crippen molar-refractivity contribution in [1.82, 2.24) is 0 Å². The van der Waals surface area contributed by atoms with E-state index >= 15 is 0 Å². The molecular formula is C12H14O3. The van der Waals surface area contributed by atoms with E-state index in [2.05, 4.69) is 0 Å². The van der Waals surface area contributed by atoms with Crippen molar-refractivity contribution in [3.8, 4) is 5.75 Å². The number of rotatable bonds is 1. The Kier molecular flexibility index (Phi) is 2.39. The molecule has 1 aliphatic heterocycles. The molecule has 15 heavy (non-hydrogen) atoms. The Balaban J connectivity index is 2.34. The van der Waals surface area contributed by atoms with Gasteiger partial charge in [-0.2, -0.15) is 0 Å². The van der Waals surface area contributed by atoms with Crippen molar-refractivity contribution in [2.45, 2.75) is 20.3 Å². The molecule has 0 unspecified atom stereocenters. The van der Waals surface area contributed by atoms with E-state index in [-0.39, 0.29) is 6.61 Å². The number of carboxylic acids is 1. The van der Waals surface area contributed by atoms with Crippen LogP contribution in [0.5, 0.6) is 5.75 Å². The lowest BCUT2D eigenvalue weighted by molar-refractivity contribution is -0.143. The summed E-state index contributed by atoms with van der Waals surface area (Å²) in [6, 6.07) is 4.02. The lowest BCUT2D eigenvalue weighted by atomic mass is 9.94. The van der Waals surface area contributed by atoms with Gasteiger partial charge >= 0.3 is 5.97 Å². The fourth-order valence-electron chi connectivity index (χ4n) is 1.82. The molecule has 3 heteroatoms. The van der Waals surface area contributed by atoms with Gasteiger partial charge in [0.05, 0.1) is 5.92 Å². The van der Waals surface area contributed by atoms with Crippen LogP contribution in [0.2, 0.25) is 0 Å². The van der Waals surface area contributed by atoms with Crippen LogP contribution in [0.1, 0.15) is 16.7 Å². The largest absolute Gasteiger partial charge is 0.492 e. The summed E-state index contributed by atoms with van der Waals surface area (Å²) in [6.45, 7) is 4.34. The molecular weight excluding hydrogens is 192 g/mol. The topological polar surface area (TPSA) is 46.5 Å². The van der Waals surface area contributed by atoms with Crippen molar-refractivity contribution in [2.24, 2.45) is 5.92 Å². The first-order valence-corrected chi connectivity index (χ1v) is 5.03. The number of hydrogen-bond donors (Lipinski definition) is 1. The lowest BCUT2D eigenvalue weighted by Crippen LogP contribution is -2.27. The maximum Gasteiger partial charge on any atom is 0.310 e. The summed E-state index contributed by atoms with van der Waals surface area (Å²) in [4.78, 5) is 10.8. The van der Waals surface area contributed by atoms with E-state index < -0.39 is 11.9 Å². The van der Waals surface area contributed by atoms with Crippen LogP contribution in [-0.4, -0.2) is 17.7 Å². The van der Waals surface area contributed by atoms with Gasteiger partial charge in [0.2, 0.25) is 0 Å². The second-order valence-electron chi connectivity index (χ2n) is 4.09. The Bertz CT molecular complexity index is 410. The van der Waals surface area contributed by atoms with Crippen LogP contribution in [0.4, 0.5) is 0 Å². The second kappa shape index (κ2) is 3.57. The first-order chi connectivity index (χ1) is 7.08. The predicted molar refractivity (Wildman–Crippen MR) is 56.2 cm³/mol. The van der Waals surface area contributed by atoms with Crippen molar-refractivity contribution in [3.63, 3.8) is 0 Å². The van der Waals surface area contributed by atoms with Crippen LogP contribution in [0.25, 0.3) is 0 Å². The van der Waals surface area contributed by atoms with E-state index in [1.807, 2.05) is 26.0 Å². The third kappa shape index (κ3) is 1.82. The first kappa shape index (κ1) is 10.0. The number of benzene rings is 1. The molecule has 0 aliphatic carbocycles. The molecule has 0 aromatic heterocycles. The average molecular weight is 206 g/mol. The molecule has 1 heterocycles. The molecule has 0 saturated carbocycles. The van der Waals surface area contributed by atoms with Crippen LogP contribution >= 0.6 is 0 Å². The SMILES string of the molecule is Cc1cc2c(cc1C)OC[C@H](C(=O)O)C2. The van der Waals surface area contributed by atoms with Gasteiger partial charge in [-0.3, -0.25) is 4.79 Å². The highest BCUT2D eigenvalue weighted by molar-refractivity contribution is 5.71. The molecule has 80 valence electrons. The van der Waals surface area contributed by atoms with Gasteiger partial charge in [0.1, 0.15) is 12.4 Å². The van der Waals surface area contributed by atoms with E-state index in [4.69, 9.17) is 9.84 Å². The number of carboxylic acid groups (broad SMARTS) is 1. The number of ether oxygens (including phenoxy) is 1. The minimum Gasteiger partial charge on any atom is -0.492 e. The normalized spacial score (nSPS) is 19.2. The van der Waals surface area contributed by atoms with Crippen LogP contribution in [0, 0.1) is 19.8 Å². The Morgan fingerprint density at radius 2 is 2.07 bits per heavy atom. The molecule has 1 N–H and O–H groups in total. The zero-order valence-electron chi connectivity index (χ0n) is 8.91. The summed E-state index contributed by atoms with van der Waals surface area (Å²) >= 11 is 0. The highest BCUT2D eigenvalue weighted by Gasteiger charge is 2.25. The molecule has 0 saturated heterocycles. The standard InChI is InChI=1S/C12H14O3/c1-7-3-9-5-10(12(13)14)6-15-11(9)4-8(7)2/h3-4,10H,5-6H2,1-2H3,(H,13,14)/t10-/m1/s1. The van der Waals surface area contributed by atoms with Gasteiger partial charge in [0, 0.05) is 0 Å².